The monoisotopic (exact) mass is 268 g/mol. The minimum Gasteiger partial charge on any atom is -0.369 e. The number of anilines is 1. The van der Waals surface area contributed by atoms with Gasteiger partial charge < -0.3 is 10.6 Å². The van der Waals surface area contributed by atoms with Gasteiger partial charge in [0.1, 0.15) is 0 Å². The summed E-state index contributed by atoms with van der Waals surface area (Å²) in [7, 11) is 0. The predicted octanol–water partition coefficient (Wildman–Crippen LogP) is 2.90. The molecule has 1 aliphatic rings. The maximum absolute atomic E-state index is 5.79. The fraction of sp³-hybridized carbons (Fsp3) is 0.500. The molecule has 1 fully saturated rings. The minimum atomic E-state index is 0.609. The highest BCUT2D eigenvalue weighted by Gasteiger charge is 2.22. The largest absolute Gasteiger partial charge is 0.369 e. The molecule has 0 amide bonds. The maximum atomic E-state index is 5.79. The second kappa shape index (κ2) is 4.54. The summed E-state index contributed by atoms with van der Waals surface area (Å²) in [5.74, 6) is 0. The van der Waals surface area contributed by atoms with Crippen LogP contribution in [-0.4, -0.2) is 12.6 Å². The van der Waals surface area contributed by atoms with Gasteiger partial charge in [-0.05, 0) is 43.5 Å². The zero-order chi connectivity index (χ0) is 10.8. The van der Waals surface area contributed by atoms with Crippen molar-refractivity contribution < 1.29 is 0 Å². The molecule has 0 bridgehead atoms. The number of benzene rings is 1. The Morgan fingerprint density at radius 2 is 2.33 bits per heavy atom. The van der Waals surface area contributed by atoms with E-state index in [-0.39, 0.29) is 0 Å². The molecule has 0 saturated carbocycles. The van der Waals surface area contributed by atoms with Crippen molar-refractivity contribution in [3.05, 3.63) is 28.2 Å². The van der Waals surface area contributed by atoms with Crippen molar-refractivity contribution in [1.82, 2.24) is 0 Å². The van der Waals surface area contributed by atoms with Crippen LogP contribution in [0, 0.1) is 0 Å². The topological polar surface area (TPSA) is 29.3 Å². The van der Waals surface area contributed by atoms with Crippen molar-refractivity contribution in [3.63, 3.8) is 0 Å². The van der Waals surface area contributed by atoms with Gasteiger partial charge in [0, 0.05) is 29.3 Å². The Bertz CT molecular complexity index is 351. The smallest absolute Gasteiger partial charge is 0.0414 e. The van der Waals surface area contributed by atoms with E-state index >= 15 is 0 Å². The lowest BCUT2D eigenvalue weighted by molar-refractivity contribution is 0.731. The summed E-state index contributed by atoms with van der Waals surface area (Å²) in [6.45, 7) is 4.06. The fourth-order valence-electron chi connectivity index (χ4n) is 2.29. The van der Waals surface area contributed by atoms with E-state index in [1.165, 1.54) is 24.1 Å². The summed E-state index contributed by atoms with van der Waals surface area (Å²) >= 11 is 3.49. The van der Waals surface area contributed by atoms with E-state index in [1.807, 2.05) is 0 Å². The molecule has 0 aromatic heterocycles. The van der Waals surface area contributed by atoms with E-state index in [0.29, 0.717) is 12.6 Å². The van der Waals surface area contributed by atoms with Gasteiger partial charge in [0.05, 0.1) is 0 Å². The second-order valence-corrected chi connectivity index (χ2v) is 5.08. The van der Waals surface area contributed by atoms with Gasteiger partial charge in [0.15, 0.2) is 0 Å². The van der Waals surface area contributed by atoms with Crippen molar-refractivity contribution >= 4 is 21.6 Å². The van der Waals surface area contributed by atoms with Gasteiger partial charge in [-0.3, -0.25) is 0 Å². The van der Waals surface area contributed by atoms with Crippen LogP contribution >= 0.6 is 15.9 Å². The molecule has 82 valence electrons. The van der Waals surface area contributed by atoms with Crippen molar-refractivity contribution in [3.8, 4) is 0 Å². The fourth-order valence-corrected chi connectivity index (χ4v) is 2.70. The van der Waals surface area contributed by atoms with Crippen LogP contribution in [0.25, 0.3) is 0 Å². The zero-order valence-corrected chi connectivity index (χ0v) is 10.6. The molecular weight excluding hydrogens is 252 g/mol. The van der Waals surface area contributed by atoms with Crippen LogP contribution in [0.3, 0.4) is 0 Å². The molecule has 3 heteroatoms. The van der Waals surface area contributed by atoms with E-state index < -0.39 is 0 Å². The highest BCUT2D eigenvalue weighted by Crippen LogP contribution is 2.30. The Morgan fingerprint density at radius 3 is 2.93 bits per heavy atom. The number of hydrogen-bond donors (Lipinski definition) is 1. The van der Waals surface area contributed by atoms with Crippen LogP contribution < -0.4 is 10.6 Å². The first-order valence-corrected chi connectivity index (χ1v) is 6.27. The molecule has 1 unspecified atom stereocenters. The van der Waals surface area contributed by atoms with Gasteiger partial charge in [-0.15, -0.1) is 0 Å². The Kier molecular flexibility index (Phi) is 3.32. The number of nitrogens with two attached hydrogens (primary N) is 1. The van der Waals surface area contributed by atoms with Crippen molar-refractivity contribution in [1.29, 1.82) is 0 Å². The van der Waals surface area contributed by atoms with Gasteiger partial charge in [-0.2, -0.15) is 0 Å². The summed E-state index contributed by atoms with van der Waals surface area (Å²) in [5, 5.41) is 0. The van der Waals surface area contributed by atoms with E-state index in [2.05, 4.69) is 46.0 Å². The van der Waals surface area contributed by atoms with Crippen LogP contribution in [0.4, 0.5) is 5.69 Å². The molecule has 1 aromatic carbocycles. The average molecular weight is 269 g/mol. The molecule has 0 radical (unpaired) electrons. The standard InChI is InChI=1S/C12H17BrN2/c1-9-3-2-6-15(9)12-5-4-11(13)7-10(12)8-14/h4-5,7,9H,2-3,6,8,14H2,1H3. The van der Waals surface area contributed by atoms with E-state index in [4.69, 9.17) is 5.73 Å². The summed E-state index contributed by atoms with van der Waals surface area (Å²) in [6, 6.07) is 7.05. The third kappa shape index (κ3) is 2.18. The maximum Gasteiger partial charge on any atom is 0.0414 e. The van der Waals surface area contributed by atoms with Crippen LogP contribution in [0.1, 0.15) is 25.3 Å². The van der Waals surface area contributed by atoms with Gasteiger partial charge in [0.25, 0.3) is 0 Å². The summed E-state index contributed by atoms with van der Waals surface area (Å²) in [4.78, 5) is 2.47. The first-order valence-electron chi connectivity index (χ1n) is 5.47. The zero-order valence-electron chi connectivity index (χ0n) is 9.04. The minimum absolute atomic E-state index is 0.609. The third-order valence-electron chi connectivity index (χ3n) is 3.12. The van der Waals surface area contributed by atoms with Crippen LogP contribution in [-0.2, 0) is 6.54 Å². The Hall–Kier alpha value is -0.540. The first-order chi connectivity index (χ1) is 7.22. The molecule has 2 nitrogen and oxygen atoms in total. The molecule has 1 saturated heterocycles. The van der Waals surface area contributed by atoms with Gasteiger partial charge in [-0.25, -0.2) is 0 Å². The lowest BCUT2D eigenvalue weighted by Gasteiger charge is -2.26. The SMILES string of the molecule is CC1CCCN1c1ccc(Br)cc1CN. The quantitative estimate of drug-likeness (QED) is 0.894. The molecular formula is C12H17BrN2. The summed E-state index contributed by atoms with van der Waals surface area (Å²) in [6.07, 6.45) is 2.58. The number of halogens is 1. The normalized spacial score (nSPS) is 21.0. The van der Waals surface area contributed by atoms with E-state index in [1.54, 1.807) is 0 Å². The van der Waals surface area contributed by atoms with E-state index in [0.717, 1.165) is 11.0 Å². The summed E-state index contributed by atoms with van der Waals surface area (Å²) in [5.41, 5.74) is 8.33. The molecule has 1 aromatic rings. The Labute approximate surface area is 99.6 Å². The van der Waals surface area contributed by atoms with Gasteiger partial charge in [-0.1, -0.05) is 15.9 Å². The lowest BCUT2D eigenvalue weighted by Crippen LogP contribution is -2.27. The molecule has 0 spiro atoms. The highest BCUT2D eigenvalue weighted by molar-refractivity contribution is 9.10. The molecule has 2 rings (SSSR count). The molecule has 1 atom stereocenters. The molecule has 1 aliphatic heterocycles. The average Bonchev–Trinajstić information content (AvgIpc) is 2.64. The molecule has 0 aliphatic carbocycles. The number of hydrogen-bond acceptors (Lipinski definition) is 2. The van der Waals surface area contributed by atoms with Crippen LogP contribution in [0.5, 0.6) is 0 Å². The van der Waals surface area contributed by atoms with Crippen molar-refractivity contribution in [2.75, 3.05) is 11.4 Å². The Morgan fingerprint density at radius 1 is 1.53 bits per heavy atom. The third-order valence-corrected chi connectivity index (χ3v) is 3.62. The molecule has 1 heterocycles. The Balaban J connectivity index is 2.34. The molecule has 2 N–H and O–H groups in total. The predicted molar refractivity (Wildman–Crippen MR) is 68.1 cm³/mol. The van der Waals surface area contributed by atoms with Crippen LogP contribution in [0.2, 0.25) is 0 Å². The number of nitrogens with zero attached hydrogens (tertiary/aromatic N) is 1. The van der Waals surface area contributed by atoms with E-state index in [9.17, 15) is 0 Å². The second-order valence-electron chi connectivity index (χ2n) is 4.16. The highest BCUT2D eigenvalue weighted by atomic mass is 79.9. The van der Waals surface area contributed by atoms with Crippen molar-refractivity contribution in [2.45, 2.75) is 32.4 Å². The molecule has 15 heavy (non-hydrogen) atoms. The summed E-state index contributed by atoms with van der Waals surface area (Å²) < 4.78 is 1.11. The first kappa shape index (κ1) is 11.0. The lowest BCUT2D eigenvalue weighted by atomic mass is 10.1. The number of rotatable bonds is 2. The van der Waals surface area contributed by atoms with Gasteiger partial charge in [0.2, 0.25) is 0 Å². The van der Waals surface area contributed by atoms with Crippen LogP contribution in [0.15, 0.2) is 22.7 Å². The van der Waals surface area contributed by atoms with Crippen molar-refractivity contribution in [2.24, 2.45) is 5.73 Å². The van der Waals surface area contributed by atoms with Gasteiger partial charge >= 0.3 is 0 Å².